The first kappa shape index (κ1) is 11.3. The molecule has 0 N–H and O–H groups in total. The highest BCUT2D eigenvalue weighted by atomic mass is 16.3. The summed E-state index contributed by atoms with van der Waals surface area (Å²) in [5.74, 6) is 0.118. The number of hydrogen-bond acceptors (Lipinski definition) is 2. The third kappa shape index (κ3) is 2.89. The van der Waals surface area contributed by atoms with Gasteiger partial charge in [0.2, 0.25) is 0 Å². The highest BCUT2D eigenvalue weighted by Crippen LogP contribution is 2.35. The van der Waals surface area contributed by atoms with Gasteiger partial charge in [0.05, 0.1) is 0 Å². The minimum atomic E-state index is -0.552. The number of rotatable bonds is 3. The molecule has 1 fully saturated rings. The van der Waals surface area contributed by atoms with E-state index in [9.17, 15) is 9.70 Å². The van der Waals surface area contributed by atoms with Crippen molar-refractivity contribution >= 4 is 5.91 Å². The van der Waals surface area contributed by atoms with Crippen LogP contribution >= 0.6 is 0 Å². The Morgan fingerprint density at radius 2 is 1.86 bits per heavy atom. The van der Waals surface area contributed by atoms with Gasteiger partial charge in [0.1, 0.15) is 0 Å². The van der Waals surface area contributed by atoms with Crippen molar-refractivity contribution in [2.75, 3.05) is 0 Å². The minimum Gasteiger partial charge on any atom is -0.268 e. The molecule has 80 valence electrons. The normalized spacial score (nSPS) is 19.3. The Balaban J connectivity index is 2.48. The van der Waals surface area contributed by atoms with Crippen molar-refractivity contribution in [3.05, 3.63) is 4.91 Å². The molecular formula is C11H19NO2. The van der Waals surface area contributed by atoms with Crippen LogP contribution in [-0.2, 0) is 4.79 Å². The van der Waals surface area contributed by atoms with Crippen LogP contribution in [0.4, 0.5) is 0 Å². The number of nitroso groups, excluding NO2 is 1. The topological polar surface area (TPSA) is 46.5 Å². The molecule has 1 amide bonds. The number of hydrogen-bond donors (Lipinski definition) is 0. The Labute approximate surface area is 85.2 Å². The Morgan fingerprint density at radius 1 is 1.29 bits per heavy atom. The fourth-order valence-electron chi connectivity index (χ4n) is 2.32. The Hall–Kier alpha value is -0.730. The molecule has 0 bridgehead atoms. The van der Waals surface area contributed by atoms with Crippen molar-refractivity contribution in [3.8, 4) is 0 Å². The second-order valence-corrected chi connectivity index (χ2v) is 4.99. The van der Waals surface area contributed by atoms with Crippen molar-refractivity contribution in [1.82, 2.24) is 0 Å². The van der Waals surface area contributed by atoms with Gasteiger partial charge >= 0.3 is 0 Å². The van der Waals surface area contributed by atoms with Crippen molar-refractivity contribution in [2.45, 2.75) is 52.4 Å². The molecule has 0 spiro atoms. The largest absolute Gasteiger partial charge is 0.291 e. The minimum absolute atomic E-state index is 0.497. The maximum atomic E-state index is 11.2. The van der Waals surface area contributed by atoms with Crippen molar-refractivity contribution < 1.29 is 4.79 Å². The Morgan fingerprint density at radius 3 is 2.36 bits per heavy atom. The fourth-order valence-corrected chi connectivity index (χ4v) is 2.32. The maximum absolute atomic E-state index is 11.2. The number of carbonyl (C=O) groups is 1. The second-order valence-electron chi connectivity index (χ2n) is 4.99. The molecule has 0 heterocycles. The van der Waals surface area contributed by atoms with E-state index in [0.29, 0.717) is 5.92 Å². The van der Waals surface area contributed by atoms with Crippen molar-refractivity contribution in [1.29, 1.82) is 0 Å². The van der Waals surface area contributed by atoms with Crippen LogP contribution in [0.25, 0.3) is 0 Å². The summed E-state index contributed by atoms with van der Waals surface area (Å²) in [4.78, 5) is 21.4. The molecule has 1 aliphatic carbocycles. The van der Waals surface area contributed by atoms with Gasteiger partial charge in [0.25, 0.3) is 5.91 Å². The standard InChI is InChI=1S/C11H19NO2/c1-11(2,10(13)12-14)8-9-6-4-3-5-7-9/h9H,3-8H2,1-2H3. The van der Waals surface area contributed by atoms with Gasteiger partial charge in [-0.1, -0.05) is 46.0 Å². The van der Waals surface area contributed by atoms with Crippen LogP contribution in [0.1, 0.15) is 52.4 Å². The van der Waals surface area contributed by atoms with Crippen LogP contribution in [0.15, 0.2) is 5.18 Å². The average molecular weight is 197 g/mol. The molecular weight excluding hydrogens is 178 g/mol. The van der Waals surface area contributed by atoms with Gasteiger partial charge in [-0.15, -0.1) is 4.91 Å². The molecule has 1 saturated carbocycles. The van der Waals surface area contributed by atoms with E-state index in [0.717, 1.165) is 6.42 Å². The molecule has 0 atom stereocenters. The summed E-state index contributed by atoms with van der Waals surface area (Å²) in [6.45, 7) is 3.65. The van der Waals surface area contributed by atoms with E-state index in [1.165, 1.54) is 32.1 Å². The Kier molecular flexibility index (Phi) is 3.78. The van der Waals surface area contributed by atoms with Gasteiger partial charge in [-0.05, 0) is 12.3 Å². The van der Waals surface area contributed by atoms with Crippen LogP contribution < -0.4 is 0 Å². The summed E-state index contributed by atoms with van der Waals surface area (Å²) < 4.78 is 0. The van der Waals surface area contributed by atoms with Gasteiger partial charge in [0, 0.05) is 10.6 Å². The fraction of sp³-hybridized carbons (Fsp3) is 0.909. The molecule has 0 aromatic rings. The van der Waals surface area contributed by atoms with Crippen LogP contribution in [0, 0.1) is 16.2 Å². The summed E-state index contributed by atoms with van der Waals surface area (Å²) in [7, 11) is 0. The molecule has 1 aliphatic rings. The summed E-state index contributed by atoms with van der Waals surface area (Å²) in [6, 6.07) is 0. The van der Waals surface area contributed by atoms with Gasteiger partial charge in [-0.25, -0.2) is 0 Å². The van der Waals surface area contributed by atoms with Crippen LogP contribution in [0.2, 0.25) is 0 Å². The van der Waals surface area contributed by atoms with Crippen molar-refractivity contribution in [3.63, 3.8) is 0 Å². The van der Waals surface area contributed by atoms with Crippen LogP contribution in [0.3, 0.4) is 0 Å². The molecule has 0 aliphatic heterocycles. The van der Waals surface area contributed by atoms with E-state index in [1.54, 1.807) is 0 Å². The molecule has 0 unspecified atom stereocenters. The monoisotopic (exact) mass is 197 g/mol. The van der Waals surface area contributed by atoms with Crippen LogP contribution in [0.5, 0.6) is 0 Å². The van der Waals surface area contributed by atoms with Crippen molar-refractivity contribution in [2.24, 2.45) is 16.5 Å². The van der Waals surface area contributed by atoms with Gasteiger partial charge < -0.3 is 0 Å². The molecule has 14 heavy (non-hydrogen) atoms. The van der Waals surface area contributed by atoms with Gasteiger partial charge in [-0.3, -0.25) is 4.79 Å². The van der Waals surface area contributed by atoms with E-state index in [1.807, 2.05) is 13.8 Å². The second kappa shape index (κ2) is 4.67. The lowest BCUT2D eigenvalue weighted by molar-refractivity contribution is -0.126. The lowest BCUT2D eigenvalue weighted by Gasteiger charge is -2.28. The summed E-state index contributed by atoms with van der Waals surface area (Å²) >= 11 is 0. The van der Waals surface area contributed by atoms with E-state index in [4.69, 9.17) is 0 Å². The van der Waals surface area contributed by atoms with E-state index < -0.39 is 11.3 Å². The zero-order valence-electron chi connectivity index (χ0n) is 9.08. The summed E-state index contributed by atoms with van der Waals surface area (Å²) in [5, 5.41) is 2.54. The first-order chi connectivity index (χ1) is 6.56. The predicted octanol–water partition coefficient (Wildman–Crippen LogP) is 3.28. The smallest absolute Gasteiger partial charge is 0.268 e. The maximum Gasteiger partial charge on any atom is 0.291 e. The SMILES string of the molecule is CC(C)(CC1CCCCC1)C(=O)N=O. The third-order valence-electron chi connectivity index (χ3n) is 3.19. The molecule has 0 radical (unpaired) electrons. The van der Waals surface area contributed by atoms with Gasteiger partial charge in [0.15, 0.2) is 0 Å². The van der Waals surface area contributed by atoms with E-state index >= 15 is 0 Å². The highest BCUT2D eigenvalue weighted by molar-refractivity contribution is 5.82. The number of carbonyl (C=O) groups excluding carboxylic acids is 1. The van der Waals surface area contributed by atoms with Gasteiger partial charge in [-0.2, -0.15) is 0 Å². The Bertz CT molecular complexity index is 217. The average Bonchev–Trinajstić information content (AvgIpc) is 2.17. The lowest BCUT2D eigenvalue weighted by atomic mass is 9.76. The first-order valence-corrected chi connectivity index (χ1v) is 5.44. The zero-order chi connectivity index (χ0) is 10.6. The zero-order valence-corrected chi connectivity index (χ0v) is 9.08. The predicted molar refractivity (Wildman–Crippen MR) is 55.8 cm³/mol. The van der Waals surface area contributed by atoms with E-state index in [2.05, 4.69) is 5.18 Å². The molecule has 0 aromatic carbocycles. The highest BCUT2D eigenvalue weighted by Gasteiger charge is 2.32. The van der Waals surface area contributed by atoms with E-state index in [-0.39, 0.29) is 0 Å². The molecule has 0 aromatic heterocycles. The molecule has 0 saturated heterocycles. The summed E-state index contributed by atoms with van der Waals surface area (Å²) in [6.07, 6.45) is 7.08. The summed E-state index contributed by atoms with van der Waals surface area (Å²) in [5.41, 5.74) is -0.552. The molecule has 3 heteroatoms. The number of amides is 1. The number of nitrogens with zero attached hydrogens (tertiary/aromatic N) is 1. The molecule has 3 nitrogen and oxygen atoms in total. The molecule has 1 rings (SSSR count). The first-order valence-electron chi connectivity index (χ1n) is 5.44. The lowest BCUT2D eigenvalue weighted by Crippen LogP contribution is -2.26. The van der Waals surface area contributed by atoms with Crippen LogP contribution in [-0.4, -0.2) is 5.91 Å². The third-order valence-corrected chi connectivity index (χ3v) is 3.19. The quantitative estimate of drug-likeness (QED) is 0.652.